The fourth-order valence-corrected chi connectivity index (χ4v) is 4.64. The van der Waals surface area contributed by atoms with Crippen molar-refractivity contribution in [3.05, 3.63) is 60.0 Å². The molecular weight excluding hydrogens is 594 g/mol. The number of nitrogens with zero attached hydrogens (tertiary/aromatic N) is 1. The number of carbonyl (C=O) groups is 4. The van der Waals surface area contributed by atoms with Crippen LogP contribution in [0.1, 0.15) is 46.9 Å². The molecule has 2 aromatic rings. The summed E-state index contributed by atoms with van der Waals surface area (Å²) in [4.78, 5) is 52.1. The fraction of sp³-hybridized carbons (Fsp3) is 0.273. The number of unbranched alkanes of at least 4 members (excludes halogenated alkanes) is 1. The zero-order chi connectivity index (χ0) is 25.2. The summed E-state index contributed by atoms with van der Waals surface area (Å²) in [6.07, 6.45) is 1.29. The summed E-state index contributed by atoms with van der Waals surface area (Å²) in [6.45, 7) is 1.27. The fourth-order valence-electron chi connectivity index (χ4n) is 3.36. The number of amides is 3. The average molecular weight is 611 g/mol. The van der Waals surface area contributed by atoms with E-state index >= 15 is 0 Å². The second-order valence-electron chi connectivity index (χ2n) is 7.31. The Kier molecular flexibility index (Phi) is 8.87. The largest absolute Gasteiger partial charge is 0.454 e. The van der Waals surface area contributed by atoms with Crippen LogP contribution in [0.4, 0.5) is 5.69 Å². The molecule has 12 heteroatoms. The van der Waals surface area contributed by atoms with Crippen LogP contribution in [0.15, 0.2) is 28.7 Å². The lowest BCUT2D eigenvalue weighted by Crippen LogP contribution is -2.46. The number of benzene rings is 2. The molecule has 0 aromatic heterocycles. The molecule has 0 aliphatic carbocycles. The van der Waals surface area contributed by atoms with Gasteiger partial charge in [0.1, 0.15) is 6.04 Å². The van der Waals surface area contributed by atoms with Crippen molar-refractivity contribution in [1.29, 1.82) is 0 Å². The molecule has 1 atom stereocenters. The highest BCUT2D eigenvalue weighted by molar-refractivity contribution is 9.10. The molecule has 0 fully saturated rings. The van der Waals surface area contributed by atoms with E-state index in [0.717, 1.165) is 9.37 Å². The van der Waals surface area contributed by atoms with Gasteiger partial charge in [0, 0.05) is 10.2 Å². The summed E-state index contributed by atoms with van der Waals surface area (Å²) in [7, 11) is 0. The Morgan fingerprint density at radius 3 is 2.00 bits per heavy atom. The van der Waals surface area contributed by atoms with E-state index in [-0.39, 0.29) is 37.6 Å². The molecule has 0 radical (unpaired) electrons. The first-order valence-electron chi connectivity index (χ1n) is 10.0. The number of nitrogens with one attached hydrogen (secondary N) is 1. The van der Waals surface area contributed by atoms with Gasteiger partial charge >= 0.3 is 5.97 Å². The second kappa shape index (κ2) is 11.3. The van der Waals surface area contributed by atoms with Crippen LogP contribution in [0.25, 0.3) is 0 Å². The Morgan fingerprint density at radius 2 is 1.50 bits per heavy atom. The van der Waals surface area contributed by atoms with E-state index in [9.17, 15) is 19.2 Å². The molecule has 0 saturated heterocycles. The van der Waals surface area contributed by atoms with Crippen LogP contribution in [-0.2, 0) is 14.3 Å². The van der Waals surface area contributed by atoms with Gasteiger partial charge in [-0.25, -0.2) is 4.79 Å². The van der Waals surface area contributed by atoms with Crippen molar-refractivity contribution < 1.29 is 23.9 Å². The molecule has 1 aliphatic rings. The van der Waals surface area contributed by atoms with Crippen molar-refractivity contribution in [2.24, 2.45) is 0 Å². The minimum absolute atomic E-state index is 0.117. The summed E-state index contributed by atoms with van der Waals surface area (Å²) in [6, 6.07) is 5.50. The quantitative estimate of drug-likeness (QED) is 0.162. The van der Waals surface area contributed by atoms with Gasteiger partial charge in [-0.1, -0.05) is 82.1 Å². The lowest BCUT2D eigenvalue weighted by molar-refractivity contribution is -0.151. The van der Waals surface area contributed by atoms with Gasteiger partial charge in [-0.15, -0.1) is 0 Å². The minimum Gasteiger partial charge on any atom is -0.454 e. The predicted molar refractivity (Wildman–Crippen MR) is 134 cm³/mol. The predicted octanol–water partition coefficient (Wildman–Crippen LogP) is 6.40. The Morgan fingerprint density at radius 1 is 0.971 bits per heavy atom. The van der Waals surface area contributed by atoms with E-state index in [4.69, 9.17) is 51.1 Å². The third kappa shape index (κ3) is 5.36. The van der Waals surface area contributed by atoms with Crippen molar-refractivity contribution in [1.82, 2.24) is 4.90 Å². The monoisotopic (exact) mass is 608 g/mol. The Hall–Kier alpha value is -1.84. The smallest absolute Gasteiger partial charge is 0.329 e. The molecule has 2 aromatic carbocycles. The number of imide groups is 1. The third-order valence-corrected chi connectivity index (χ3v) is 7.35. The molecule has 0 bridgehead atoms. The standard InChI is InChI=1S/C22H17BrCl4N2O5/c1-2-3-4-12(22(33)34-9-13(30)28-11-7-5-10(23)6-8-11)29-20(31)14-15(21(29)32)17(25)19(27)18(26)16(14)24/h5-8,12H,2-4,9H2,1H3,(H,28,30)/t12-/m0/s1. The number of carbonyl (C=O) groups excluding carboxylic acids is 4. The van der Waals surface area contributed by atoms with E-state index < -0.39 is 36.3 Å². The highest BCUT2D eigenvalue weighted by Crippen LogP contribution is 2.45. The maximum Gasteiger partial charge on any atom is 0.329 e. The number of halogens is 5. The second-order valence-corrected chi connectivity index (χ2v) is 9.73. The first kappa shape index (κ1) is 26.8. The SMILES string of the molecule is CCCC[C@@H](C(=O)OCC(=O)Nc1ccc(Br)cc1)N1C(=O)c2c(Cl)c(Cl)c(Cl)c(Cl)c2C1=O. The highest BCUT2D eigenvalue weighted by Gasteiger charge is 2.47. The molecule has 0 saturated carbocycles. The normalized spacial score (nSPS) is 13.6. The molecule has 3 rings (SSSR count). The third-order valence-electron chi connectivity index (χ3n) is 5.02. The maximum absolute atomic E-state index is 13.1. The molecule has 3 amide bonds. The molecule has 34 heavy (non-hydrogen) atoms. The van der Waals surface area contributed by atoms with Gasteiger partial charge in [0.2, 0.25) is 0 Å². The topological polar surface area (TPSA) is 92.8 Å². The summed E-state index contributed by atoms with van der Waals surface area (Å²) in [5, 5.41) is 1.77. The number of rotatable bonds is 8. The van der Waals surface area contributed by atoms with Gasteiger partial charge in [0.15, 0.2) is 6.61 Å². The number of hydrogen-bond donors (Lipinski definition) is 1. The molecule has 1 heterocycles. The molecule has 180 valence electrons. The van der Waals surface area contributed by atoms with Gasteiger partial charge in [0.05, 0.1) is 31.2 Å². The Labute approximate surface area is 223 Å². The van der Waals surface area contributed by atoms with Gasteiger partial charge in [-0.05, 0) is 30.7 Å². The van der Waals surface area contributed by atoms with Gasteiger partial charge < -0.3 is 10.1 Å². The Balaban J connectivity index is 1.80. The summed E-state index contributed by atoms with van der Waals surface area (Å²) >= 11 is 27.7. The van der Waals surface area contributed by atoms with Crippen molar-refractivity contribution in [2.45, 2.75) is 32.2 Å². The van der Waals surface area contributed by atoms with Crippen molar-refractivity contribution in [2.75, 3.05) is 11.9 Å². The lowest BCUT2D eigenvalue weighted by Gasteiger charge is -2.24. The van der Waals surface area contributed by atoms with E-state index in [1.54, 1.807) is 24.3 Å². The van der Waals surface area contributed by atoms with Crippen molar-refractivity contribution in [3.63, 3.8) is 0 Å². The molecule has 0 spiro atoms. The van der Waals surface area contributed by atoms with E-state index in [0.29, 0.717) is 18.5 Å². The van der Waals surface area contributed by atoms with Crippen LogP contribution in [0.5, 0.6) is 0 Å². The van der Waals surface area contributed by atoms with Crippen LogP contribution in [-0.4, -0.2) is 41.2 Å². The van der Waals surface area contributed by atoms with Crippen molar-refractivity contribution in [3.8, 4) is 0 Å². The summed E-state index contributed by atoms with van der Waals surface area (Å²) < 4.78 is 5.98. The average Bonchev–Trinajstić information content (AvgIpc) is 3.07. The van der Waals surface area contributed by atoms with E-state index in [2.05, 4.69) is 21.2 Å². The van der Waals surface area contributed by atoms with Crippen molar-refractivity contribution >= 4 is 91.7 Å². The van der Waals surface area contributed by atoms with Gasteiger partial charge in [-0.3, -0.25) is 19.3 Å². The zero-order valence-electron chi connectivity index (χ0n) is 17.6. The van der Waals surface area contributed by atoms with Gasteiger partial charge in [0.25, 0.3) is 17.7 Å². The number of hydrogen-bond acceptors (Lipinski definition) is 5. The minimum atomic E-state index is -1.29. The number of ether oxygens (including phenoxy) is 1. The summed E-state index contributed by atoms with van der Waals surface area (Å²) in [5.41, 5.74) is 0.0480. The number of esters is 1. The molecule has 1 aliphatic heterocycles. The van der Waals surface area contributed by atoms with Crippen LogP contribution in [0.3, 0.4) is 0 Å². The Bertz CT molecular complexity index is 1130. The first-order chi connectivity index (χ1) is 16.1. The molecule has 0 unspecified atom stereocenters. The van der Waals surface area contributed by atoms with E-state index in [1.165, 1.54) is 0 Å². The van der Waals surface area contributed by atoms with Crippen LogP contribution in [0.2, 0.25) is 20.1 Å². The number of fused-ring (bicyclic) bond motifs is 1. The zero-order valence-corrected chi connectivity index (χ0v) is 22.2. The first-order valence-corrected chi connectivity index (χ1v) is 12.3. The van der Waals surface area contributed by atoms with E-state index in [1.807, 2.05) is 6.92 Å². The van der Waals surface area contributed by atoms with Crippen LogP contribution in [0, 0.1) is 0 Å². The van der Waals surface area contributed by atoms with Crippen LogP contribution >= 0.6 is 62.3 Å². The van der Waals surface area contributed by atoms with Crippen LogP contribution < -0.4 is 5.32 Å². The molecule has 1 N–H and O–H groups in total. The maximum atomic E-state index is 13.1. The highest BCUT2D eigenvalue weighted by atomic mass is 79.9. The number of anilines is 1. The lowest BCUT2D eigenvalue weighted by atomic mass is 10.1. The summed E-state index contributed by atoms with van der Waals surface area (Å²) in [5.74, 6) is -3.19. The molecule has 7 nitrogen and oxygen atoms in total. The molecular formula is C22H17BrCl4N2O5. The van der Waals surface area contributed by atoms with Gasteiger partial charge in [-0.2, -0.15) is 0 Å².